The summed E-state index contributed by atoms with van der Waals surface area (Å²) in [7, 11) is 0. The predicted molar refractivity (Wildman–Crippen MR) is 73.8 cm³/mol. The normalized spacial score (nSPS) is 11.2. The summed E-state index contributed by atoms with van der Waals surface area (Å²) in [5.74, 6) is 0. The first-order valence-corrected chi connectivity index (χ1v) is 6.16. The second kappa shape index (κ2) is 8.51. The maximum Gasteiger partial charge on any atom is 0.120 e. The highest BCUT2D eigenvalue weighted by Crippen LogP contribution is 2.17. The summed E-state index contributed by atoms with van der Waals surface area (Å²) in [4.78, 5) is 10.3. The highest BCUT2D eigenvalue weighted by Gasteiger charge is 1.98. The summed E-state index contributed by atoms with van der Waals surface area (Å²) in [6.07, 6.45) is 9.80. The quantitative estimate of drug-likeness (QED) is 0.366. The van der Waals surface area contributed by atoms with Gasteiger partial charge in [-0.1, -0.05) is 48.1 Å². The molecular formula is C16H20O. The third-order valence-electron chi connectivity index (χ3n) is 2.66. The third kappa shape index (κ3) is 5.86. The summed E-state index contributed by atoms with van der Waals surface area (Å²) < 4.78 is 0. The van der Waals surface area contributed by atoms with Gasteiger partial charge in [-0.15, -0.1) is 6.58 Å². The second-order valence-corrected chi connectivity index (χ2v) is 4.10. The van der Waals surface area contributed by atoms with E-state index in [4.69, 9.17) is 0 Å². The van der Waals surface area contributed by atoms with Gasteiger partial charge in [0.05, 0.1) is 0 Å². The molecule has 0 atom stereocenters. The molecule has 1 aromatic rings. The third-order valence-corrected chi connectivity index (χ3v) is 2.66. The fourth-order valence-electron chi connectivity index (χ4n) is 1.75. The molecule has 0 aromatic heterocycles. The van der Waals surface area contributed by atoms with E-state index in [1.54, 1.807) is 0 Å². The fourth-order valence-corrected chi connectivity index (χ4v) is 1.75. The largest absolute Gasteiger partial charge is 0.303 e. The number of carbonyl (C=O) groups excluding carboxylic acids is 1. The number of allylic oxidation sites excluding steroid dienone is 2. The summed E-state index contributed by atoms with van der Waals surface area (Å²) in [5.41, 5.74) is 2.63. The highest BCUT2D eigenvalue weighted by atomic mass is 16.1. The molecule has 1 rings (SSSR count). The summed E-state index contributed by atoms with van der Waals surface area (Å²) >= 11 is 0. The first kappa shape index (κ1) is 13.4. The predicted octanol–water partition coefficient (Wildman–Crippen LogP) is 4.41. The van der Waals surface area contributed by atoms with Crippen molar-refractivity contribution < 1.29 is 4.79 Å². The molecule has 0 heterocycles. The molecule has 0 radical (unpaired) electrons. The maximum absolute atomic E-state index is 10.3. The van der Waals surface area contributed by atoms with Crippen molar-refractivity contribution in [2.24, 2.45) is 0 Å². The lowest BCUT2D eigenvalue weighted by atomic mass is 10.0. The molecule has 90 valence electrons. The Morgan fingerprint density at radius 2 is 1.88 bits per heavy atom. The highest BCUT2D eigenvalue weighted by molar-refractivity contribution is 5.53. The van der Waals surface area contributed by atoms with Crippen molar-refractivity contribution in [1.82, 2.24) is 0 Å². The molecular weight excluding hydrogens is 208 g/mol. The van der Waals surface area contributed by atoms with Gasteiger partial charge < -0.3 is 4.79 Å². The molecule has 0 saturated carbocycles. The molecule has 1 heteroatoms. The minimum atomic E-state index is 0.653. The molecule has 1 nitrogen and oxygen atoms in total. The molecule has 0 unspecified atom stereocenters. The van der Waals surface area contributed by atoms with Gasteiger partial charge in [0, 0.05) is 6.42 Å². The summed E-state index contributed by atoms with van der Waals surface area (Å²) in [6, 6.07) is 10.3. The molecule has 0 aliphatic carbocycles. The van der Waals surface area contributed by atoms with Crippen LogP contribution >= 0.6 is 0 Å². The lowest BCUT2D eigenvalue weighted by Gasteiger charge is -2.05. The maximum atomic E-state index is 10.3. The number of aldehydes is 1. The molecule has 0 bridgehead atoms. The van der Waals surface area contributed by atoms with Crippen LogP contribution in [0.4, 0.5) is 0 Å². The van der Waals surface area contributed by atoms with Crippen molar-refractivity contribution in [2.45, 2.75) is 32.1 Å². The van der Waals surface area contributed by atoms with E-state index in [-0.39, 0.29) is 0 Å². The molecule has 17 heavy (non-hydrogen) atoms. The zero-order valence-electron chi connectivity index (χ0n) is 10.3. The van der Waals surface area contributed by atoms with Crippen LogP contribution in [0.25, 0.3) is 6.08 Å². The van der Waals surface area contributed by atoms with Crippen LogP contribution in [0.15, 0.2) is 48.6 Å². The van der Waals surface area contributed by atoms with Gasteiger partial charge in [0.2, 0.25) is 0 Å². The van der Waals surface area contributed by atoms with E-state index in [1.165, 1.54) is 11.1 Å². The number of benzene rings is 1. The Labute approximate surface area is 104 Å². The molecule has 0 N–H and O–H groups in total. The van der Waals surface area contributed by atoms with Gasteiger partial charge in [0.15, 0.2) is 0 Å². The Morgan fingerprint density at radius 3 is 2.53 bits per heavy atom. The molecule has 0 fully saturated rings. The molecule has 0 spiro atoms. The van der Waals surface area contributed by atoms with Gasteiger partial charge in [-0.05, 0) is 31.2 Å². The van der Waals surface area contributed by atoms with Crippen LogP contribution in [0.5, 0.6) is 0 Å². The Kier molecular flexibility index (Phi) is 6.73. The van der Waals surface area contributed by atoms with Crippen molar-refractivity contribution >= 4 is 12.4 Å². The van der Waals surface area contributed by atoms with Gasteiger partial charge in [-0.3, -0.25) is 0 Å². The van der Waals surface area contributed by atoms with Crippen LogP contribution in [0, 0.1) is 0 Å². The van der Waals surface area contributed by atoms with Crippen molar-refractivity contribution in [3.05, 3.63) is 54.1 Å². The summed E-state index contributed by atoms with van der Waals surface area (Å²) in [6.45, 7) is 3.75. The smallest absolute Gasteiger partial charge is 0.120 e. The van der Waals surface area contributed by atoms with E-state index < -0.39 is 0 Å². The van der Waals surface area contributed by atoms with Gasteiger partial charge >= 0.3 is 0 Å². The Hall–Kier alpha value is -1.63. The van der Waals surface area contributed by atoms with E-state index in [0.717, 1.165) is 32.0 Å². The van der Waals surface area contributed by atoms with Crippen molar-refractivity contribution in [3.8, 4) is 0 Å². The monoisotopic (exact) mass is 228 g/mol. The molecule has 0 aliphatic heterocycles. The second-order valence-electron chi connectivity index (χ2n) is 4.10. The molecule has 0 saturated heterocycles. The lowest BCUT2D eigenvalue weighted by molar-refractivity contribution is -0.107. The van der Waals surface area contributed by atoms with Crippen molar-refractivity contribution in [2.75, 3.05) is 0 Å². The van der Waals surface area contributed by atoms with E-state index in [1.807, 2.05) is 24.3 Å². The Balaban J connectivity index is 2.63. The molecule has 0 aliphatic rings. The van der Waals surface area contributed by atoms with Crippen molar-refractivity contribution in [3.63, 3.8) is 0 Å². The molecule has 0 amide bonds. The average molecular weight is 228 g/mol. The van der Waals surface area contributed by atoms with Gasteiger partial charge in [-0.2, -0.15) is 0 Å². The lowest BCUT2D eigenvalue weighted by Crippen LogP contribution is -1.86. The number of hydrogen-bond donors (Lipinski definition) is 0. The Morgan fingerprint density at radius 1 is 1.12 bits per heavy atom. The first-order valence-electron chi connectivity index (χ1n) is 6.16. The minimum absolute atomic E-state index is 0.653. The Bertz CT molecular complexity index is 362. The minimum Gasteiger partial charge on any atom is -0.303 e. The van der Waals surface area contributed by atoms with E-state index in [2.05, 4.69) is 24.8 Å². The topological polar surface area (TPSA) is 17.1 Å². The van der Waals surface area contributed by atoms with E-state index >= 15 is 0 Å². The number of carbonyl (C=O) groups is 1. The van der Waals surface area contributed by atoms with Crippen LogP contribution in [0.3, 0.4) is 0 Å². The van der Waals surface area contributed by atoms with Crippen LogP contribution in [0.1, 0.15) is 37.7 Å². The van der Waals surface area contributed by atoms with Gasteiger partial charge in [0.1, 0.15) is 6.29 Å². The van der Waals surface area contributed by atoms with Gasteiger partial charge in [0.25, 0.3) is 0 Å². The van der Waals surface area contributed by atoms with Crippen molar-refractivity contribution in [1.29, 1.82) is 0 Å². The fraction of sp³-hybridized carbons (Fsp3) is 0.312. The number of rotatable bonds is 8. The van der Waals surface area contributed by atoms with Crippen LogP contribution in [-0.2, 0) is 4.79 Å². The van der Waals surface area contributed by atoms with Gasteiger partial charge in [-0.25, -0.2) is 0 Å². The number of unbranched alkanes of at least 4 members (excludes halogenated alkanes) is 1. The average Bonchev–Trinajstić information content (AvgIpc) is 2.37. The standard InChI is InChI=1S/C16H20O/c1-2-3-9-15(12-7-8-13-17)14-16-10-5-4-6-11-16/h2,4-6,10-11,13-14H,1,3,7-9,12H2/b15-14+. The number of hydrogen-bond acceptors (Lipinski definition) is 1. The SMILES string of the molecule is C=CCC/C(=C\c1ccccc1)CCCC=O. The van der Waals surface area contributed by atoms with E-state index in [9.17, 15) is 4.79 Å². The van der Waals surface area contributed by atoms with Crippen LogP contribution in [-0.4, -0.2) is 6.29 Å². The molecule has 1 aromatic carbocycles. The van der Waals surface area contributed by atoms with Crippen LogP contribution < -0.4 is 0 Å². The zero-order chi connectivity index (χ0) is 12.3. The first-order chi connectivity index (χ1) is 8.36. The zero-order valence-corrected chi connectivity index (χ0v) is 10.3. The van der Waals surface area contributed by atoms with Crippen LogP contribution in [0.2, 0.25) is 0 Å². The van der Waals surface area contributed by atoms with E-state index in [0.29, 0.717) is 6.42 Å². The summed E-state index contributed by atoms with van der Waals surface area (Å²) in [5, 5.41) is 0.